The van der Waals surface area contributed by atoms with Gasteiger partial charge in [0, 0.05) is 11.5 Å². The smallest absolute Gasteiger partial charge is 0.323 e. The Morgan fingerprint density at radius 3 is 3.00 bits per heavy atom. The van der Waals surface area contributed by atoms with Crippen LogP contribution in [-0.4, -0.2) is 30.6 Å². The molecule has 0 saturated carbocycles. The van der Waals surface area contributed by atoms with Gasteiger partial charge in [-0.3, -0.25) is 4.79 Å². The summed E-state index contributed by atoms with van der Waals surface area (Å²) in [5.41, 5.74) is 5.44. The molecule has 0 aromatic heterocycles. The van der Waals surface area contributed by atoms with Crippen molar-refractivity contribution in [1.82, 2.24) is 0 Å². The Labute approximate surface area is 71.0 Å². The van der Waals surface area contributed by atoms with Crippen molar-refractivity contribution < 1.29 is 9.53 Å². The minimum atomic E-state index is -0.509. The van der Waals surface area contributed by atoms with Gasteiger partial charge in [-0.1, -0.05) is 6.08 Å². The molecule has 3 nitrogen and oxygen atoms in total. The van der Waals surface area contributed by atoms with E-state index in [1.165, 1.54) is 7.11 Å². The van der Waals surface area contributed by atoms with Gasteiger partial charge in [-0.2, -0.15) is 11.8 Å². The van der Waals surface area contributed by atoms with E-state index in [0.29, 0.717) is 5.75 Å². The molecule has 11 heavy (non-hydrogen) atoms. The first-order valence-electron chi connectivity index (χ1n) is 3.24. The fraction of sp³-hybridized carbons (Fsp3) is 0.571. The number of carbonyl (C=O) groups is 1. The topological polar surface area (TPSA) is 52.3 Å². The predicted molar refractivity (Wildman–Crippen MR) is 47.5 cm³/mol. The van der Waals surface area contributed by atoms with E-state index in [9.17, 15) is 4.79 Å². The van der Waals surface area contributed by atoms with Crippen molar-refractivity contribution >= 4 is 17.7 Å². The van der Waals surface area contributed by atoms with Gasteiger partial charge in [-0.25, -0.2) is 0 Å². The van der Waals surface area contributed by atoms with Crippen LogP contribution < -0.4 is 5.73 Å². The largest absolute Gasteiger partial charge is 0.468 e. The van der Waals surface area contributed by atoms with E-state index in [0.717, 1.165) is 5.75 Å². The molecule has 0 aromatic carbocycles. The van der Waals surface area contributed by atoms with Crippen LogP contribution in [0.25, 0.3) is 0 Å². The van der Waals surface area contributed by atoms with E-state index in [-0.39, 0.29) is 5.97 Å². The molecule has 0 aliphatic heterocycles. The lowest BCUT2D eigenvalue weighted by atomic mass is 10.4. The van der Waals surface area contributed by atoms with Crippen LogP contribution >= 0.6 is 11.8 Å². The molecule has 0 saturated heterocycles. The van der Waals surface area contributed by atoms with Crippen molar-refractivity contribution in [3.8, 4) is 0 Å². The van der Waals surface area contributed by atoms with Crippen LogP contribution in [0.3, 0.4) is 0 Å². The molecule has 64 valence electrons. The Morgan fingerprint density at radius 2 is 2.55 bits per heavy atom. The number of esters is 1. The highest BCUT2D eigenvalue weighted by Gasteiger charge is 2.12. The molecular weight excluding hydrogens is 162 g/mol. The number of hydrogen-bond acceptors (Lipinski definition) is 4. The molecule has 0 spiro atoms. The molecule has 0 fully saturated rings. The number of methoxy groups -OCH3 is 1. The second kappa shape index (κ2) is 6.24. The van der Waals surface area contributed by atoms with Crippen LogP contribution in [-0.2, 0) is 9.53 Å². The standard InChI is InChI=1S/C7H13NO2S/c1-3-4-11-5-6(8)7(9)10-2/h3,6H,1,4-5,8H2,2H3. The van der Waals surface area contributed by atoms with E-state index in [1.54, 1.807) is 17.8 Å². The summed E-state index contributed by atoms with van der Waals surface area (Å²) in [6, 6.07) is -0.509. The van der Waals surface area contributed by atoms with E-state index in [1.807, 2.05) is 0 Å². The van der Waals surface area contributed by atoms with Crippen LogP contribution in [0.15, 0.2) is 12.7 Å². The number of ether oxygens (including phenoxy) is 1. The average Bonchev–Trinajstić information content (AvgIpc) is 2.03. The molecule has 1 unspecified atom stereocenters. The van der Waals surface area contributed by atoms with E-state index < -0.39 is 6.04 Å². The van der Waals surface area contributed by atoms with Crippen LogP contribution in [0, 0.1) is 0 Å². The molecule has 0 aromatic rings. The number of rotatable bonds is 5. The first-order valence-corrected chi connectivity index (χ1v) is 4.40. The number of thioether (sulfide) groups is 1. The second-order valence-electron chi connectivity index (χ2n) is 1.96. The fourth-order valence-electron chi connectivity index (χ4n) is 0.498. The summed E-state index contributed by atoms with van der Waals surface area (Å²) in [6.07, 6.45) is 1.77. The highest BCUT2D eigenvalue weighted by Crippen LogP contribution is 2.01. The zero-order valence-electron chi connectivity index (χ0n) is 6.58. The van der Waals surface area contributed by atoms with Crippen molar-refractivity contribution in [2.75, 3.05) is 18.6 Å². The molecule has 0 rings (SSSR count). The predicted octanol–water partition coefficient (Wildman–Crippen LogP) is 0.406. The molecule has 0 aliphatic carbocycles. The maximum atomic E-state index is 10.7. The summed E-state index contributed by atoms with van der Waals surface area (Å²) >= 11 is 1.56. The molecule has 0 radical (unpaired) electrons. The van der Waals surface area contributed by atoms with Gasteiger partial charge in [0.2, 0.25) is 0 Å². The first kappa shape index (κ1) is 10.5. The maximum absolute atomic E-state index is 10.7. The molecule has 2 N–H and O–H groups in total. The Hall–Kier alpha value is -0.480. The van der Waals surface area contributed by atoms with Gasteiger partial charge in [0.15, 0.2) is 0 Å². The Bertz CT molecular complexity index is 138. The van der Waals surface area contributed by atoms with Gasteiger partial charge in [-0.05, 0) is 0 Å². The lowest BCUT2D eigenvalue weighted by Crippen LogP contribution is -2.33. The van der Waals surface area contributed by atoms with E-state index in [2.05, 4.69) is 11.3 Å². The summed E-state index contributed by atoms with van der Waals surface area (Å²) in [5, 5.41) is 0. The van der Waals surface area contributed by atoms with Crippen LogP contribution in [0.1, 0.15) is 0 Å². The van der Waals surface area contributed by atoms with Crippen molar-refractivity contribution in [2.24, 2.45) is 5.73 Å². The van der Waals surface area contributed by atoms with Crippen LogP contribution in [0.4, 0.5) is 0 Å². The summed E-state index contributed by atoms with van der Waals surface area (Å²) in [5.74, 6) is 1.03. The number of hydrogen-bond donors (Lipinski definition) is 1. The monoisotopic (exact) mass is 175 g/mol. The lowest BCUT2D eigenvalue weighted by Gasteiger charge is -2.06. The zero-order chi connectivity index (χ0) is 8.69. The van der Waals surface area contributed by atoms with E-state index in [4.69, 9.17) is 5.73 Å². The SMILES string of the molecule is C=CCSCC(N)C(=O)OC. The Kier molecular flexibility index (Phi) is 5.97. The third kappa shape index (κ3) is 4.86. The van der Waals surface area contributed by atoms with E-state index >= 15 is 0 Å². The Morgan fingerprint density at radius 1 is 1.91 bits per heavy atom. The van der Waals surface area contributed by atoms with Crippen LogP contribution in [0.2, 0.25) is 0 Å². The van der Waals surface area contributed by atoms with Crippen molar-refractivity contribution in [3.63, 3.8) is 0 Å². The molecular formula is C7H13NO2S. The third-order valence-corrected chi connectivity index (χ3v) is 2.10. The minimum absolute atomic E-state index is 0.360. The van der Waals surface area contributed by atoms with Crippen molar-refractivity contribution in [2.45, 2.75) is 6.04 Å². The molecule has 0 amide bonds. The zero-order valence-corrected chi connectivity index (χ0v) is 7.39. The fourth-order valence-corrected chi connectivity index (χ4v) is 1.19. The molecule has 4 heteroatoms. The summed E-state index contributed by atoms with van der Waals surface area (Å²) in [4.78, 5) is 10.7. The number of nitrogens with two attached hydrogens (primary N) is 1. The highest BCUT2D eigenvalue weighted by molar-refractivity contribution is 7.99. The van der Waals surface area contributed by atoms with Crippen LogP contribution in [0.5, 0.6) is 0 Å². The molecule has 0 aliphatic rings. The van der Waals surface area contributed by atoms with Gasteiger partial charge in [0.1, 0.15) is 6.04 Å². The molecule has 0 bridgehead atoms. The summed E-state index contributed by atoms with van der Waals surface area (Å²) < 4.78 is 4.44. The minimum Gasteiger partial charge on any atom is -0.468 e. The second-order valence-corrected chi connectivity index (χ2v) is 3.03. The maximum Gasteiger partial charge on any atom is 0.323 e. The molecule has 1 atom stereocenters. The summed E-state index contributed by atoms with van der Waals surface area (Å²) in [7, 11) is 1.33. The highest BCUT2D eigenvalue weighted by atomic mass is 32.2. The van der Waals surface area contributed by atoms with Gasteiger partial charge in [-0.15, -0.1) is 6.58 Å². The normalized spacial score (nSPS) is 12.2. The number of carbonyl (C=O) groups excluding carboxylic acids is 1. The third-order valence-electron chi connectivity index (χ3n) is 1.04. The molecule has 0 heterocycles. The lowest BCUT2D eigenvalue weighted by molar-refractivity contribution is -0.141. The van der Waals surface area contributed by atoms with Gasteiger partial charge in [0.25, 0.3) is 0 Å². The van der Waals surface area contributed by atoms with Gasteiger partial charge < -0.3 is 10.5 Å². The van der Waals surface area contributed by atoms with Gasteiger partial charge >= 0.3 is 5.97 Å². The summed E-state index contributed by atoms with van der Waals surface area (Å²) in [6.45, 7) is 3.54. The van der Waals surface area contributed by atoms with Gasteiger partial charge in [0.05, 0.1) is 7.11 Å². The Balaban J connectivity index is 3.43. The van der Waals surface area contributed by atoms with Crippen molar-refractivity contribution in [3.05, 3.63) is 12.7 Å². The van der Waals surface area contributed by atoms with Crippen molar-refractivity contribution in [1.29, 1.82) is 0 Å². The first-order chi connectivity index (χ1) is 5.22. The average molecular weight is 175 g/mol. The quantitative estimate of drug-likeness (QED) is 0.373.